The minimum Gasteiger partial charge on any atom is -0.494 e. The lowest BCUT2D eigenvalue weighted by Gasteiger charge is -2.19. The molecular formula is C21H24N2O6. The number of esters is 1. The first-order chi connectivity index (χ1) is 13.9. The van der Waals surface area contributed by atoms with E-state index in [9.17, 15) is 19.7 Å². The summed E-state index contributed by atoms with van der Waals surface area (Å²) in [4.78, 5) is 35.7. The second-order valence-corrected chi connectivity index (χ2v) is 6.26. The second kappa shape index (κ2) is 10.2. The summed E-state index contributed by atoms with van der Waals surface area (Å²) in [5, 5.41) is 14.1. The number of rotatable bonds is 9. The number of nitrogens with one attached hydrogen (secondary N) is 1. The van der Waals surface area contributed by atoms with Crippen LogP contribution in [0.3, 0.4) is 0 Å². The van der Waals surface area contributed by atoms with Crippen molar-refractivity contribution in [2.75, 3.05) is 13.2 Å². The first-order valence-electron chi connectivity index (χ1n) is 9.30. The number of nitrogens with zero attached hydrogens (tertiary/aromatic N) is 1. The first kappa shape index (κ1) is 21.9. The molecule has 2 aromatic carbocycles. The van der Waals surface area contributed by atoms with Gasteiger partial charge in [0.15, 0.2) is 0 Å². The van der Waals surface area contributed by atoms with Gasteiger partial charge in [-0.05, 0) is 44.0 Å². The third kappa shape index (κ3) is 5.78. The quantitative estimate of drug-likeness (QED) is 0.390. The molecule has 2 aromatic rings. The number of aryl methyl sites for hydroxylation is 1. The lowest BCUT2D eigenvalue weighted by molar-refractivity contribution is -0.385. The summed E-state index contributed by atoms with van der Waals surface area (Å²) in [5.41, 5.74) is 0.811. The van der Waals surface area contributed by atoms with E-state index in [4.69, 9.17) is 9.47 Å². The van der Waals surface area contributed by atoms with Crippen molar-refractivity contribution in [2.45, 2.75) is 33.2 Å². The number of carbonyl (C=O) groups excluding carboxylic acids is 2. The Morgan fingerprint density at radius 3 is 2.38 bits per heavy atom. The average Bonchev–Trinajstić information content (AvgIpc) is 2.68. The van der Waals surface area contributed by atoms with Crippen molar-refractivity contribution in [1.82, 2.24) is 5.32 Å². The molecule has 0 heterocycles. The number of hydrogen-bond donors (Lipinski definition) is 1. The van der Waals surface area contributed by atoms with E-state index in [1.165, 1.54) is 12.1 Å². The highest BCUT2D eigenvalue weighted by Crippen LogP contribution is 2.25. The minimum atomic E-state index is -0.712. The monoisotopic (exact) mass is 400 g/mol. The molecule has 154 valence electrons. The van der Waals surface area contributed by atoms with Gasteiger partial charge in [0, 0.05) is 6.07 Å². The van der Waals surface area contributed by atoms with Gasteiger partial charge < -0.3 is 14.8 Å². The highest BCUT2D eigenvalue weighted by molar-refractivity contribution is 6.00. The topological polar surface area (TPSA) is 108 Å². The van der Waals surface area contributed by atoms with Gasteiger partial charge in [-0.2, -0.15) is 0 Å². The van der Waals surface area contributed by atoms with Gasteiger partial charge in [0.2, 0.25) is 0 Å². The van der Waals surface area contributed by atoms with Crippen molar-refractivity contribution in [3.63, 3.8) is 0 Å². The molecule has 0 aliphatic rings. The van der Waals surface area contributed by atoms with Crippen molar-refractivity contribution < 1.29 is 24.0 Å². The molecular weight excluding hydrogens is 376 g/mol. The zero-order valence-corrected chi connectivity index (χ0v) is 16.6. The van der Waals surface area contributed by atoms with Crippen LogP contribution in [0.5, 0.6) is 5.75 Å². The van der Waals surface area contributed by atoms with Gasteiger partial charge in [-0.1, -0.05) is 24.3 Å². The van der Waals surface area contributed by atoms with Crippen molar-refractivity contribution in [2.24, 2.45) is 0 Å². The van der Waals surface area contributed by atoms with E-state index in [0.717, 1.165) is 0 Å². The Balaban J connectivity index is 2.33. The van der Waals surface area contributed by atoms with Gasteiger partial charge in [0.1, 0.15) is 11.3 Å². The first-order valence-corrected chi connectivity index (χ1v) is 9.30. The van der Waals surface area contributed by atoms with Crippen LogP contribution < -0.4 is 10.1 Å². The van der Waals surface area contributed by atoms with Gasteiger partial charge in [0.05, 0.1) is 30.6 Å². The number of benzene rings is 2. The van der Waals surface area contributed by atoms with E-state index in [-0.39, 0.29) is 24.3 Å². The van der Waals surface area contributed by atoms with Gasteiger partial charge in [-0.3, -0.25) is 19.7 Å². The Labute approximate surface area is 169 Å². The lowest BCUT2D eigenvalue weighted by Crippen LogP contribution is -2.31. The summed E-state index contributed by atoms with van der Waals surface area (Å²) in [5.74, 6) is -0.448. The van der Waals surface area contributed by atoms with Gasteiger partial charge in [0.25, 0.3) is 11.6 Å². The van der Waals surface area contributed by atoms with E-state index in [0.29, 0.717) is 23.5 Å². The number of amides is 1. The maximum Gasteiger partial charge on any atom is 0.308 e. The summed E-state index contributed by atoms with van der Waals surface area (Å²) < 4.78 is 10.4. The molecule has 0 aliphatic heterocycles. The second-order valence-electron chi connectivity index (χ2n) is 6.26. The van der Waals surface area contributed by atoms with E-state index in [1.807, 2.05) is 6.92 Å². The van der Waals surface area contributed by atoms with E-state index in [2.05, 4.69) is 5.32 Å². The molecule has 29 heavy (non-hydrogen) atoms. The minimum absolute atomic E-state index is 0.0303. The van der Waals surface area contributed by atoms with Crippen LogP contribution in [0.2, 0.25) is 0 Å². The number of nitro groups is 1. The standard InChI is InChI=1S/C21H24N2O6/c1-4-28-16-11-9-15(10-12-16)17(13-19(24)29-5-2)22-21(25)20-14(3)7-6-8-18(20)23(26)27/h6-12,17H,4-5,13H2,1-3H3,(H,22,25). The summed E-state index contributed by atoms with van der Waals surface area (Å²) in [7, 11) is 0. The van der Waals surface area contributed by atoms with E-state index in [1.54, 1.807) is 44.2 Å². The number of nitro benzene ring substituents is 1. The van der Waals surface area contributed by atoms with Crippen molar-refractivity contribution in [1.29, 1.82) is 0 Å². The smallest absolute Gasteiger partial charge is 0.308 e. The third-order valence-electron chi connectivity index (χ3n) is 4.25. The molecule has 0 aromatic heterocycles. The van der Waals surface area contributed by atoms with Crippen LogP contribution in [-0.4, -0.2) is 30.0 Å². The van der Waals surface area contributed by atoms with Crippen molar-refractivity contribution in [3.05, 3.63) is 69.3 Å². The molecule has 1 amide bonds. The van der Waals surface area contributed by atoms with Gasteiger partial charge in [-0.25, -0.2) is 0 Å². The SMILES string of the molecule is CCOC(=O)CC(NC(=O)c1c(C)cccc1[N+](=O)[O-])c1ccc(OCC)cc1. The Hall–Kier alpha value is -3.42. The summed E-state index contributed by atoms with van der Waals surface area (Å²) in [6, 6.07) is 10.7. The molecule has 8 nitrogen and oxygen atoms in total. The molecule has 1 unspecified atom stereocenters. The zero-order chi connectivity index (χ0) is 21.4. The molecule has 0 bridgehead atoms. The maximum atomic E-state index is 12.9. The van der Waals surface area contributed by atoms with Crippen molar-refractivity contribution >= 4 is 17.6 Å². The number of carbonyl (C=O) groups is 2. The lowest BCUT2D eigenvalue weighted by atomic mass is 10.0. The van der Waals surface area contributed by atoms with E-state index < -0.39 is 22.8 Å². The van der Waals surface area contributed by atoms with Crippen LogP contribution in [-0.2, 0) is 9.53 Å². The van der Waals surface area contributed by atoms with E-state index >= 15 is 0 Å². The molecule has 0 fully saturated rings. The van der Waals surface area contributed by atoms with Crippen LogP contribution in [0.1, 0.15) is 47.8 Å². The Morgan fingerprint density at radius 1 is 1.10 bits per heavy atom. The van der Waals surface area contributed by atoms with Crippen LogP contribution in [0.4, 0.5) is 5.69 Å². The summed E-state index contributed by atoms with van der Waals surface area (Å²) >= 11 is 0. The predicted octanol–water partition coefficient (Wildman–Crippen LogP) is 3.73. The Morgan fingerprint density at radius 2 is 1.79 bits per heavy atom. The normalized spacial score (nSPS) is 11.4. The van der Waals surface area contributed by atoms with Crippen LogP contribution in [0.25, 0.3) is 0 Å². The number of hydrogen-bond acceptors (Lipinski definition) is 6. The Kier molecular flexibility index (Phi) is 7.70. The molecule has 0 radical (unpaired) electrons. The molecule has 1 N–H and O–H groups in total. The fourth-order valence-corrected chi connectivity index (χ4v) is 2.93. The van der Waals surface area contributed by atoms with Gasteiger partial charge in [-0.15, -0.1) is 0 Å². The zero-order valence-electron chi connectivity index (χ0n) is 16.6. The predicted molar refractivity (Wildman–Crippen MR) is 107 cm³/mol. The average molecular weight is 400 g/mol. The highest BCUT2D eigenvalue weighted by Gasteiger charge is 2.26. The largest absolute Gasteiger partial charge is 0.494 e. The van der Waals surface area contributed by atoms with Crippen LogP contribution in [0.15, 0.2) is 42.5 Å². The fraction of sp³-hybridized carbons (Fsp3) is 0.333. The summed E-state index contributed by atoms with van der Waals surface area (Å²) in [6.45, 7) is 5.91. The molecule has 8 heteroatoms. The van der Waals surface area contributed by atoms with Crippen LogP contribution >= 0.6 is 0 Å². The highest BCUT2D eigenvalue weighted by atomic mass is 16.6. The molecule has 1 atom stereocenters. The molecule has 0 saturated carbocycles. The summed E-state index contributed by atoms with van der Waals surface area (Å²) in [6.07, 6.45) is -0.104. The fourth-order valence-electron chi connectivity index (χ4n) is 2.93. The van der Waals surface area contributed by atoms with Crippen molar-refractivity contribution in [3.8, 4) is 5.75 Å². The molecule has 0 aliphatic carbocycles. The molecule has 2 rings (SSSR count). The molecule has 0 spiro atoms. The Bertz CT molecular complexity index is 879. The third-order valence-corrected chi connectivity index (χ3v) is 4.25. The van der Waals surface area contributed by atoms with Crippen LogP contribution in [0, 0.1) is 17.0 Å². The number of ether oxygens (including phenoxy) is 2. The van der Waals surface area contributed by atoms with Gasteiger partial charge >= 0.3 is 5.97 Å². The maximum absolute atomic E-state index is 12.9. The molecule has 0 saturated heterocycles.